The van der Waals surface area contributed by atoms with Gasteiger partial charge in [0.05, 0.1) is 17.4 Å². The number of amides is 1. The molecule has 21 heavy (non-hydrogen) atoms. The van der Waals surface area contributed by atoms with Gasteiger partial charge in [-0.2, -0.15) is 0 Å². The molecule has 1 aromatic heterocycles. The highest BCUT2D eigenvalue weighted by Gasteiger charge is 2.22. The Bertz CT molecular complexity index is 616. The van der Waals surface area contributed by atoms with Crippen LogP contribution in [0.25, 0.3) is 11.0 Å². The Kier molecular flexibility index (Phi) is 4.20. The number of carbonyl (C=O) groups excluding carboxylic acids is 1. The Balaban J connectivity index is 1.78. The first kappa shape index (κ1) is 14.1. The van der Waals surface area contributed by atoms with Crippen molar-refractivity contribution in [1.82, 2.24) is 20.2 Å². The standard InChI is InChI=1S/C16H22N4O/c1-2-8-20(10-13-4-3-7-17-13)16(21)12-5-6-14-15(9-12)19-11-18-14/h5-6,9,11,13,17H,2-4,7-8,10H2,1H3,(H,18,19). The van der Waals surface area contributed by atoms with Crippen molar-refractivity contribution in [2.75, 3.05) is 19.6 Å². The molecule has 3 rings (SSSR count). The summed E-state index contributed by atoms with van der Waals surface area (Å²) in [6, 6.07) is 6.11. The monoisotopic (exact) mass is 286 g/mol. The van der Waals surface area contributed by atoms with E-state index in [-0.39, 0.29) is 5.91 Å². The van der Waals surface area contributed by atoms with Crippen LogP contribution in [0.4, 0.5) is 0 Å². The van der Waals surface area contributed by atoms with Crippen molar-refractivity contribution in [3.8, 4) is 0 Å². The lowest BCUT2D eigenvalue weighted by Crippen LogP contribution is -2.41. The molecule has 0 radical (unpaired) electrons. The molecule has 2 heterocycles. The number of hydrogen-bond acceptors (Lipinski definition) is 3. The van der Waals surface area contributed by atoms with Crippen LogP contribution in [0.15, 0.2) is 24.5 Å². The number of hydrogen-bond donors (Lipinski definition) is 2. The number of aromatic nitrogens is 2. The molecule has 0 saturated carbocycles. The Labute approximate surface area is 124 Å². The highest BCUT2D eigenvalue weighted by atomic mass is 16.2. The third-order valence-electron chi connectivity index (χ3n) is 4.05. The van der Waals surface area contributed by atoms with Crippen molar-refractivity contribution < 1.29 is 4.79 Å². The third-order valence-corrected chi connectivity index (χ3v) is 4.05. The summed E-state index contributed by atoms with van der Waals surface area (Å²) in [7, 11) is 0. The van der Waals surface area contributed by atoms with Gasteiger partial charge in [0.1, 0.15) is 0 Å². The van der Waals surface area contributed by atoms with Crippen molar-refractivity contribution in [1.29, 1.82) is 0 Å². The summed E-state index contributed by atoms with van der Waals surface area (Å²) in [6.07, 6.45) is 5.00. The van der Waals surface area contributed by atoms with Gasteiger partial charge in [-0.1, -0.05) is 6.92 Å². The minimum Gasteiger partial charge on any atom is -0.345 e. The van der Waals surface area contributed by atoms with E-state index in [0.29, 0.717) is 6.04 Å². The van der Waals surface area contributed by atoms with Crippen molar-refractivity contribution in [2.24, 2.45) is 0 Å². The minimum absolute atomic E-state index is 0.113. The lowest BCUT2D eigenvalue weighted by molar-refractivity contribution is 0.0742. The molecule has 5 heteroatoms. The van der Waals surface area contributed by atoms with Gasteiger partial charge in [0.25, 0.3) is 5.91 Å². The van der Waals surface area contributed by atoms with E-state index < -0.39 is 0 Å². The highest BCUT2D eigenvalue weighted by molar-refractivity contribution is 5.97. The summed E-state index contributed by atoms with van der Waals surface area (Å²) < 4.78 is 0. The molecule has 2 N–H and O–H groups in total. The van der Waals surface area contributed by atoms with Crippen LogP contribution < -0.4 is 5.32 Å². The zero-order valence-corrected chi connectivity index (χ0v) is 12.4. The van der Waals surface area contributed by atoms with Gasteiger partial charge >= 0.3 is 0 Å². The number of rotatable bonds is 5. The average molecular weight is 286 g/mol. The number of carbonyl (C=O) groups is 1. The Morgan fingerprint density at radius 2 is 2.38 bits per heavy atom. The third kappa shape index (κ3) is 3.08. The van der Waals surface area contributed by atoms with Gasteiger partial charge in [-0.15, -0.1) is 0 Å². The summed E-state index contributed by atoms with van der Waals surface area (Å²) in [5.41, 5.74) is 2.54. The predicted octanol–water partition coefficient (Wildman–Crippen LogP) is 2.17. The predicted molar refractivity (Wildman–Crippen MR) is 83.3 cm³/mol. The molecular weight excluding hydrogens is 264 g/mol. The SMILES string of the molecule is CCCN(CC1CCCN1)C(=O)c1ccc2nc[nH]c2c1. The molecule has 1 saturated heterocycles. The van der Waals surface area contributed by atoms with Crippen molar-refractivity contribution in [3.05, 3.63) is 30.1 Å². The van der Waals surface area contributed by atoms with Gasteiger partial charge in [-0.05, 0) is 44.0 Å². The number of aromatic amines is 1. The molecular formula is C16H22N4O. The quantitative estimate of drug-likeness (QED) is 0.885. The highest BCUT2D eigenvalue weighted by Crippen LogP contribution is 2.15. The molecule has 0 aliphatic carbocycles. The van der Waals surface area contributed by atoms with Crippen LogP contribution in [0.3, 0.4) is 0 Å². The maximum atomic E-state index is 12.8. The fourth-order valence-electron chi connectivity index (χ4n) is 2.98. The van der Waals surface area contributed by atoms with Crippen LogP contribution >= 0.6 is 0 Å². The normalized spacial score (nSPS) is 18.2. The second-order valence-electron chi connectivity index (χ2n) is 5.68. The molecule has 0 bridgehead atoms. The second-order valence-corrected chi connectivity index (χ2v) is 5.68. The molecule has 1 aliphatic rings. The molecule has 1 atom stereocenters. The molecule has 1 aliphatic heterocycles. The summed E-state index contributed by atoms with van der Waals surface area (Å²) >= 11 is 0. The Hall–Kier alpha value is -1.88. The zero-order chi connectivity index (χ0) is 14.7. The van der Waals surface area contributed by atoms with E-state index in [2.05, 4.69) is 22.2 Å². The summed E-state index contributed by atoms with van der Waals surface area (Å²) in [4.78, 5) is 22.0. The zero-order valence-electron chi connectivity index (χ0n) is 12.4. The van der Waals surface area contributed by atoms with E-state index in [1.165, 1.54) is 6.42 Å². The molecule has 1 fully saturated rings. The van der Waals surface area contributed by atoms with Crippen LogP contribution in [0.2, 0.25) is 0 Å². The van der Waals surface area contributed by atoms with E-state index in [1.807, 2.05) is 23.1 Å². The van der Waals surface area contributed by atoms with Gasteiger partial charge in [-0.3, -0.25) is 4.79 Å². The molecule has 1 amide bonds. The van der Waals surface area contributed by atoms with Crippen LogP contribution in [-0.4, -0.2) is 46.5 Å². The molecule has 5 nitrogen and oxygen atoms in total. The first-order valence-corrected chi connectivity index (χ1v) is 7.73. The van der Waals surface area contributed by atoms with E-state index in [0.717, 1.165) is 49.1 Å². The van der Waals surface area contributed by atoms with Crippen molar-refractivity contribution in [2.45, 2.75) is 32.2 Å². The smallest absolute Gasteiger partial charge is 0.253 e. The number of benzene rings is 1. The van der Waals surface area contributed by atoms with Crippen molar-refractivity contribution in [3.63, 3.8) is 0 Å². The number of fused-ring (bicyclic) bond motifs is 1. The molecule has 112 valence electrons. The fourth-order valence-corrected chi connectivity index (χ4v) is 2.98. The average Bonchev–Trinajstić information content (AvgIpc) is 3.16. The summed E-state index contributed by atoms with van der Waals surface area (Å²) in [5.74, 6) is 0.113. The van der Waals surface area contributed by atoms with E-state index in [9.17, 15) is 4.79 Å². The van der Waals surface area contributed by atoms with E-state index in [4.69, 9.17) is 0 Å². The van der Waals surface area contributed by atoms with Gasteiger partial charge in [0.2, 0.25) is 0 Å². The number of imidazole rings is 1. The fraction of sp³-hybridized carbons (Fsp3) is 0.500. The summed E-state index contributed by atoms with van der Waals surface area (Å²) in [6.45, 7) is 4.78. The van der Waals surface area contributed by atoms with E-state index in [1.54, 1.807) is 6.33 Å². The van der Waals surface area contributed by atoms with E-state index >= 15 is 0 Å². The molecule has 2 aromatic rings. The Morgan fingerprint density at radius 3 is 3.14 bits per heavy atom. The van der Waals surface area contributed by atoms with Gasteiger partial charge in [0.15, 0.2) is 0 Å². The van der Waals surface area contributed by atoms with Gasteiger partial charge in [0, 0.05) is 24.7 Å². The summed E-state index contributed by atoms with van der Waals surface area (Å²) in [5, 5.41) is 3.47. The maximum absolute atomic E-state index is 12.8. The van der Waals surface area contributed by atoms with Crippen LogP contribution in [0.1, 0.15) is 36.5 Å². The molecule has 1 aromatic carbocycles. The lowest BCUT2D eigenvalue weighted by atomic mass is 10.1. The molecule has 0 spiro atoms. The number of nitrogens with zero attached hydrogens (tertiary/aromatic N) is 2. The topological polar surface area (TPSA) is 61.0 Å². The van der Waals surface area contributed by atoms with Crippen LogP contribution in [-0.2, 0) is 0 Å². The van der Waals surface area contributed by atoms with Crippen molar-refractivity contribution >= 4 is 16.9 Å². The minimum atomic E-state index is 0.113. The number of H-pyrrole nitrogens is 1. The lowest BCUT2D eigenvalue weighted by Gasteiger charge is -2.25. The Morgan fingerprint density at radius 1 is 1.48 bits per heavy atom. The van der Waals surface area contributed by atoms with Crippen LogP contribution in [0, 0.1) is 0 Å². The first-order chi connectivity index (χ1) is 10.3. The van der Waals surface area contributed by atoms with Crippen LogP contribution in [0.5, 0.6) is 0 Å². The largest absolute Gasteiger partial charge is 0.345 e. The molecule has 1 unspecified atom stereocenters. The number of nitrogens with one attached hydrogen (secondary N) is 2. The maximum Gasteiger partial charge on any atom is 0.253 e. The van der Waals surface area contributed by atoms with Gasteiger partial charge in [-0.25, -0.2) is 4.98 Å². The first-order valence-electron chi connectivity index (χ1n) is 7.73. The van der Waals surface area contributed by atoms with Gasteiger partial charge < -0.3 is 15.2 Å². The second kappa shape index (κ2) is 6.26.